The van der Waals surface area contributed by atoms with Gasteiger partial charge >= 0.3 is 6.18 Å². The average Bonchev–Trinajstić information content (AvgIpc) is 2.92. The van der Waals surface area contributed by atoms with Gasteiger partial charge in [-0.25, -0.2) is 5.01 Å². The first kappa shape index (κ1) is 30.8. The van der Waals surface area contributed by atoms with Gasteiger partial charge in [-0.3, -0.25) is 9.69 Å². The van der Waals surface area contributed by atoms with Crippen LogP contribution in [0.4, 0.5) is 18.9 Å². The molecule has 1 fully saturated rings. The number of carbonyl (C=O) groups is 1. The normalized spacial score (nSPS) is 16.3. The number of likely N-dealkylation sites (N-methyl/N-ethyl adjacent to an activating group) is 1. The van der Waals surface area contributed by atoms with Crippen LogP contribution >= 0.6 is 0 Å². The molecule has 2 aromatic rings. The van der Waals surface area contributed by atoms with Gasteiger partial charge in [0.15, 0.2) is 0 Å². The molecular formula is C33H36F3N5O. The number of nitrogens with zero attached hydrogens (tertiary/aromatic N) is 4. The number of halogens is 3. The molecule has 1 saturated heterocycles. The number of hydrogen-bond donors (Lipinski definition) is 1. The minimum Gasteiger partial charge on any atom is -0.322 e. The predicted octanol–water partition coefficient (Wildman–Crippen LogP) is 6.42. The Kier molecular flexibility index (Phi) is 9.40. The number of benzene rings is 2. The van der Waals surface area contributed by atoms with Crippen molar-refractivity contribution in [2.24, 2.45) is 5.10 Å². The first-order valence-corrected chi connectivity index (χ1v) is 13.8. The van der Waals surface area contributed by atoms with E-state index in [1.165, 1.54) is 12.1 Å². The Morgan fingerprint density at radius 3 is 2.43 bits per heavy atom. The number of nitrogens with one attached hydrogen (secondary N) is 1. The van der Waals surface area contributed by atoms with Crippen LogP contribution in [-0.2, 0) is 12.7 Å². The maximum Gasteiger partial charge on any atom is 0.416 e. The van der Waals surface area contributed by atoms with E-state index in [-0.39, 0.29) is 17.8 Å². The molecule has 1 amide bonds. The van der Waals surface area contributed by atoms with Crippen LogP contribution in [0.1, 0.15) is 53.4 Å². The zero-order valence-electron chi connectivity index (χ0n) is 24.7. The maximum absolute atomic E-state index is 14.0. The lowest BCUT2D eigenvalue weighted by molar-refractivity contribution is -0.138. The number of rotatable bonds is 5. The third-order valence-corrected chi connectivity index (χ3v) is 7.18. The molecule has 1 N–H and O–H groups in total. The third-order valence-electron chi connectivity index (χ3n) is 7.18. The summed E-state index contributed by atoms with van der Waals surface area (Å²) in [5.41, 5.74) is 4.65. The number of piperazine rings is 1. The standard InChI is InChI=1S/C33H36F3N5O/c1-22(2)38-41-20-26(17-24(4)25(41)5)8-10-27-18-28(9-7-23(27)3)32(42)37-30-12-11-29(31(19-30)33(34,35)36)21-40-15-13-39(6)14-16-40/h7,9,11-12,17-20H,5,13-16,21H2,1-4,6H3,(H,37,42). The summed E-state index contributed by atoms with van der Waals surface area (Å²) < 4.78 is 42.0. The summed E-state index contributed by atoms with van der Waals surface area (Å²) >= 11 is 0. The lowest BCUT2D eigenvalue weighted by Gasteiger charge is -2.33. The quantitative estimate of drug-likeness (QED) is 0.330. The van der Waals surface area contributed by atoms with Gasteiger partial charge in [-0.1, -0.05) is 30.6 Å². The van der Waals surface area contributed by atoms with Crippen LogP contribution in [0.2, 0.25) is 0 Å². The molecular weight excluding hydrogens is 539 g/mol. The van der Waals surface area contributed by atoms with Gasteiger partial charge < -0.3 is 10.2 Å². The highest BCUT2D eigenvalue weighted by Gasteiger charge is 2.34. The number of hydrogen-bond acceptors (Lipinski definition) is 5. The number of carbonyl (C=O) groups excluding carboxylic acids is 1. The van der Waals surface area contributed by atoms with Crippen molar-refractivity contribution >= 4 is 17.3 Å². The topological polar surface area (TPSA) is 51.2 Å². The molecule has 0 unspecified atom stereocenters. The van der Waals surface area contributed by atoms with Crippen molar-refractivity contribution in [3.8, 4) is 11.8 Å². The third kappa shape index (κ3) is 7.78. The van der Waals surface area contributed by atoms with E-state index in [0.29, 0.717) is 24.2 Å². The highest BCUT2D eigenvalue weighted by molar-refractivity contribution is 6.04. The highest BCUT2D eigenvalue weighted by Crippen LogP contribution is 2.35. The lowest BCUT2D eigenvalue weighted by Crippen LogP contribution is -2.44. The van der Waals surface area contributed by atoms with Crippen LogP contribution in [0, 0.1) is 18.8 Å². The fraction of sp³-hybridized carbons (Fsp3) is 0.333. The van der Waals surface area contributed by atoms with Crippen LogP contribution in [0.3, 0.4) is 0 Å². The van der Waals surface area contributed by atoms with Crippen molar-refractivity contribution < 1.29 is 18.0 Å². The summed E-state index contributed by atoms with van der Waals surface area (Å²) in [7, 11) is 2.00. The van der Waals surface area contributed by atoms with E-state index < -0.39 is 17.6 Å². The van der Waals surface area contributed by atoms with E-state index in [9.17, 15) is 18.0 Å². The minimum absolute atomic E-state index is 0.0859. The fourth-order valence-electron chi connectivity index (χ4n) is 4.66. The molecule has 0 aliphatic carbocycles. The summed E-state index contributed by atoms with van der Waals surface area (Å²) in [6.45, 7) is 14.9. The van der Waals surface area contributed by atoms with Crippen molar-refractivity contribution in [3.05, 3.63) is 99.9 Å². The van der Waals surface area contributed by atoms with E-state index >= 15 is 0 Å². The second-order valence-electron chi connectivity index (χ2n) is 10.9. The van der Waals surface area contributed by atoms with E-state index in [2.05, 4.69) is 33.7 Å². The van der Waals surface area contributed by atoms with E-state index in [1.54, 1.807) is 29.4 Å². The fourth-order valence-corrected chi connectivity index (χ4v) is 4.66. The van der Waals surface area contributed by atoms with E-state index in [1.807, 2.05) is 45.7 Å². The first-order valence-electron chi connectivity index (χ1n) is 13.8. The van der Waals surface area contributed by atoms with Gasteiger partial charge in [0, 0.05) is 67.0 Å². The predicted molar refractivity (Wildman–Crippen MR) is 162 cm³/mol. The Balaban J connectivity index is 1.54. The lowest BCUT2D eigenvalue weighted by atomic mass is 10.0. The van der Waals surface area contributed by atoms with Gasteiger partial charge in [0.1, 0.15) is 0 Å². The van der Waals surface area contributed by atoms with Crippen LogP contribution in [0.25, 0.3) is 0 Å². The van der Waals surface area contributed by atoms with Gasteiger partial charge in [-0.15, -0.1) is 0 Å². The molecule has 0 radical (unpaired) electrons. The Hall–Kier alpha value is -4.13. The van der Waals surface area contributed by atoms with E-state index in [0.717, 1.165) is 47.3 Å². The van der Waals surface area contributed by atoms with Gasteiger partial charge in [-0.05, 0) is 81.8 Å². The average molecular weight is 576 g/mol. The maximum atomic E-state index is 14.0. The van der Waals surface area contributed by atoms with Crippen molar-refractivity contribution in [2.45, 2.75) is 40.4 Å². The molecule has 2 aromatic carbocycles. The molecule has 2 aliphatic heterocycles. The number of anilines is 1. The molecule has 4 rings (SSSR count). The monoisotopic (exact) mass is 575 g/mol. The summed E-state index contributed by atoms with van der Waals surface area (Å²) in [4.78, 5) is 17.3. The number of aryl methyl sites for hydroxylation is 1. The van der Waals surface area contributed by atoms with E-state index in [4.69, 9.17) is 0 Å². The van der Waals surface area contributed by atoms with Gasteiger partial charge in [0.2, 0.25) is 0 Å². The van der Waals surface area contributed by atoms with Gasteiger partial charge in [0.05, 0.1) is 11.3 Å². The van der Waals surface area contributed by atoms with Gasteiger partial charge in [0.25, 0.3) is 5.91 Å². The molecule has 0 aromatic heterocycles. The SMILES string of the molecule is C=C1C(C)=CC(C#Cc2cc(C(=O)Nc3ccc(CN4CCN(C)CC4)c(C(F)(F)F)c3)ccc2C)=CN1N=C(C)C. The van der Waals surface area contributed by atoms with Crippen LogP contribution in [0.5, 0.6) is 0 Å². The zero-order chi connectivity index (χ0) is 30.6. The minimum atomic E-state index is -4.54. The molecule has 2 heterocycles. The highest BCUT2D eigenvalue weighted by atomic mass is 19.4. The number of hydrazone groups is 1. The van der Waals surface area contributed by atoms with Gasteiger partial charge in [-0.2, -0.15) is 18.3 Å². The molecule has 0 bridgehead atoms. The molecule has 0 atom stereocenters. The summed E-state index contributed by atoms with van der Waals surface area (Å²) in [6, 6.07) is 9.05. The van der Waals surface area contributed by atoms with Crippen molar-refractivity contribution in [2.75, 3.05) is 38.5 Å². The summed E-state index contributed by atoms with van der Waals surface area (Å²) in [5, 5.41) is 8.79. The number of amides is 1. The Bertz CT molecular complexity index is 1530. The molecule has 2 aliphatic rings. The molecule has 0 spiro atoms. The molecule has 0 saturated carbocycles. The summed E-state index contributed by atoms with van der Waals surface area (Å²) in [6.07, 6.45) is -0.824. The Morgan fingerprint density at radius 2 is 1.76 bits per heavy atom. The van der Waals surface area contributed by atoms with Crippen LogP contribution < -0.4 is 5.32 Å². The second kappa shape index (κ2) is 12.8. The summed E-state index contributed by atoms with van der Waals surface area (Å²) in [5.74, 6) is 5.75. The Morgan fingerprint density at radius 1 is 1.05 bits per heavy atom. The number of alkyl halides is 3. The molecule has 42 heavy (non-hydrogen) atoms. The zero-order valence-corrected chi connectivity index (χ0v) is 24.7. The van der Waals surface area contributed by atoms with Crippen molar-refractivity contribution in [3.63, 3.8) is 0 Å². The number of allylic oxidation sites excluding steroid dienone is 3. The first-order chi connectivity index (χ1) is 19.8. The second-order valence-corrected chi connectivity index (χ2v) is 10.9. The largest absolute Gasteiger partial charge is 0.416 e. The molecule has 6 nitrogen and oxygen atoms in total. The Labute approximate surface area is 245 Å². The smallest absolute Gasteiger partial charge is 0.322 e. The van der Waals surface area contributed by atoms with Crippen molar-refractivity contribution in [1.29, 1.82) is 0 Å². The van der Waals surface area contributed by atoms with Crippen molar-refractivity contribution in [1.82, 2.24) is 14.8 Å². The van der Waals surface area contributed by atoms with Crippen LogP contribution in [-0.4, -0.2) is 59.7 Å². The molecule has 220 valence electrons. The van der Waals surface area contributed by atoms with Crippen LogP contribution in [0.15, 0.2) is 77.2 Å². The molecule has 9 heteroatoms.